The average Bonchev–Trinajstić information content (AvgIpc) is 2.53. The van der Waals surface area contributed by atoms with Gasteiger partial charge in [0, 0.05) is 0 Å². The Morgan fingerprint density at radius 1 is 0.818 bits per heavy atom. The molecule has 2 rings (SSSR count). The lowest BCUT2D eigenvalue weighted by atomic mass is 10.2. The number of hydrogen-bond donors (Lipinski definition) is 2. The zero-order valence-electron chi connectivity index (χ0n) is 11.7. The van der Waals surface area contributed by atoms with Crippen molar-refractivity contribution in [1.82, 2.24) is 0 Å². The van der Waals surface area contributed by atoms with Crippen LogP contribution in [0.25, 0.3) is 0 Å². The van der Waals surface area contributed by atoms with E-state index in [2.05, 4.69) is 4.52 Å². The van der Waals surface area contributed by atoms with Gasteiger partial charge in [-0.15, -0.1) is 0 Å². The van der Waals surface area contributed by atoms with Gasteiger partial charge in [-0.3, -0.25) is 9.05 Å². The predicted octanol–water partition coefficient (Wildman–Crippen LogP) is 2.81. The van der Waals surface area contributed by atoms with Gasteiger partial charge in [0.05, 0.1) is 13.2 Å². The number of phosphoric ester groups is 1. The molecule has 118 valence electrons. The van der Waals surface area contributed by atoms with E-state index in [0.717, 1.165) is 11.1 Å². The first kappa shape index (κ1) is 16.8. The first-order chi connectivity index (χ1) is 10.6. The molecule has 0 saturated heterocycles. The van der Waals surface area contributed by atoms with Crippen molar-refractivity contribution in [3.8, 4) is 0 Å². The van der Waals surface area contributed by atoms with Crippen molar-refractivity contribution >= 4 is 7.82 Å². The van der Waals surface area contributed by atoms with Crippen molar-refractivity contribution in [2.24, 2.45) is 0 Å². The average molecular weight is 324 g/mol. The van der Waals surface area contributed by atoms with Crippen molar-refractivity contribution in [3.05, 3.63) is 71.8 Å². The van der Waals surface area contributed by atoms with Crippen LogP contribution in [-0.2, 0) is 31.4 Å². The second kappa shape index (κ2) is 8.19. The standard InChI is InChI=1S/C15H17O6P/c16-15(17)21-22(18,19-11-13-7-3-1-4-8-13)20-12-14-9-5-2-6-10-14/h1-10,15-17H,11-12H2. The lowest BCUT2D eigenvalue weighted by Gasteiger charge is -2.18. The first-order valence-corrected chi connectivity index (χ1v) is 8.05. The molecule has 22 heavy (non-hydrogen) atoms. The van der Waals surface area contributed by atoms with E-state index in [1.807, 2.05) is 12.1 Å². The molecular formula is C15H17O6P. The number of rotatable bonds is 8. The molecule has 0 aliphatic rings. The molecule has 0 heterocycles. The van der Waals surface area contributed by atoms with Gasteiger partial charge in [-0.1, -0.05) is 60.7 Å². The Morgan fingerprint density at radius 2 is 1.23 bits per heavy atom. The summed E-state index contributed by atoms with van der Waals surface area (Å²) >= 11 is 0. The van der Waals surface area contributed by atoms with Gasteiger partial charge in [0.25, 0.3) is 6.48 Å². The van der Waals surface area contributed by atoms with Crippen LogP contribution in [0.4, 0.5) is 0 Å². The first-order valence-electron chi connectivity index (χ1n) is 6.59. The van der Waals surface area contributed by atoms with Crippen LogP contribution in [-0.4, -0.2) is 16.7 Å². The monoisotopic (exact) mass is 324 g/mol. The molecule has 0 fully saturated rings. The molecule has 2 N–H and O–H groups in total. The van der Waals surface area contributed by atoms with Gasteiger partial charge in [-0.05, 0) is 11.1 Å². The van der Waals surface area contributed by atoms with Crippen LogP contribution in [0.15, 0.2) is 60.7 Å². The zero-order valence-corrected chi connectivity index (χ0v) is 12.6. The van der Waals surface area contributed by atoms with Crippen LogP contribution in [0.3, 0.4) is 0 Å². The second-order valence-electron chi connectivity index (χ2n) is 4.40. The van der Waals surface area contributed by atoms with Gasteiger partial charge in [0.2, 0.25) is 0 Å². The molecule has 0 saturated carbocycles. The molecule has 0 unspecified atom stereocenters. The Bertz CT molecular complexity index is 554. The normalized spacial score (nSPS) is 11.8. The van der Waals surface area contributed by atoms with Crippen molar-refractivity contribution in [2.45, 2.75) is 19.7 Å². The highest BCUT2D eigenvalue weighted by molar-refractivity contribution is 7.48. The molecule has 0 radical (unpaired) electrons. The van der Waals surface area contributed by atoms with E-state index >= 15 is 0 Å². The molecule has 0 aliphatic heterocycles. The molecular weight excluding hydrogens is 307 g/mol. The van der Waals surface area contributed by atoms with Crippen LogP contribution in [0, 0.1) is 0 Å². The largest absolute Gasteiger partial charge is 0.479 e. The molecule has 0 amide bonds. The highest BCUT2D eigenvalue weighted by Crippen LogP contribution is 2.51. The van der Waals surface area contributed by atoms with E-state index in [0.29, 0.717) is 0 Å². The molecule has 2 aromatic carbocycles. The third kappa shape index (κ3) is 5.69. The summed E-state index contributed by atoms with van der Waals surface area (Å²) in [6.07, 6.45) is 0. The summed E-state index contributed by atoms with van der Waals surface area (Å²) in [5.41, 5.74) is 1.50. The van der Waals surface area contributed by atoms with Crippen molar-refractivity contribution in [3.63, 3.8) is 0 Å². The van der Waals surface area contributed by atoms with Crippen molar-refractivity contribution in [1.29, 1.82) is 0 Å². The Kier molecular flexibility index (Phi) is 6.27. The van der Waals surface area contributed by atoms with E-state index in [-0.39, 0.29) is 13.2 Å². The van der Waals surface area contributed by atoms with Gasteiger partial charge in [0.15, 0.2) is 0 Å². The molecule has 2 aromatic rings. The van der Waals surface area contributed by atoms with Crippen LogP contribution < -0.4 is 0 Å². The molecule has 0 spiro atoms. The lowest BCUT2D eigenvalue weighted by molar-refractivity contribution is -0.192. The summed E-state index contributed by atoms with van der Waals surface area (Å²) in [6, 6.07) is 18.0. The summed E-state index contributed by atoms with van der Waals surface area (Å²) in [5.74, 6) is 0. The maximum atomic E-state index is 12.4. The van der Waals surface area contributed by atoms with Gasteiger partial charge >= 0.3 is 7.82 Å². The smallest absolute Gasteiger partial charge is 0.346 e. The highest BCUT2D eigenvalue weighted by atomic mass is 31.2. The SMILES string of the molecule is O=P(OCc1ccccc1)(OCc1ccccc1)OC(O)O. The number of phosphoric acid groups is 1. The Balaban J connectivity index is 1.98. The fourth-order valence-corrected chi connectivity index (χ4v) is 2.71. The van der Waals surface area contributed by atoms with E-state index < -0.39 is 14.3 Å². The third-order valence-electron chi connectivity index (χ3n) is 2.69. The Labute approximate surface area is 128 Å². The van der Waals surface area contributed by atoms with Gasteiger partial charge in [0.1, 0.15) is 0 Å². The molecule has 0 aliphatic carbocycles. The maximum absolute atomic E-state index is 12.4. The molecule has 0 aromatic heterocycles. The van der Waals surface area contributed by atoms with E-state index in [9.17, 15) is 4.57 Å². The summed E-state index contributed by atoms with van der Waals surface area (Å²) in [5, 5.41) is 17.8. The summed E-state index contributed by atoms with van der Waals surface area (Å²) in [7, 11) is -4.11. The van der Waals surface area contributed by atoms with Crippen molar-refractivity contribution in [2.75, 3.05) is 0 Å². The molecule has 7 heteroatoms. The summed E-state index contributed by atoms with van der Waals surface area (Å²) in [6.45, 7) is -2.34. The molecule has 6 nitrogen and oxygen atoms in total. The molecule has 0 atom stereocenters. The van der Waals surface area contributed by atoms with Crippen LogP contribution in [0.2, 0.25) is 0 Å². The van der Waals surface area contributed by atoms with E-state index in [1.165, 1.54) is 0 Å². The van der Waals surface area contributed by atoms with Gasteiger partial charge in [-0.25, -0.2) is 9.09 Å². The van der Waals surface area contributed by atoms with Gasteiger partial charge in [-0.2, -0.15) is 0 Å². The fraction of sp³-hybridized carbons (Fsp3) is 0.200. The summed E-state index contributed by atoms with van der Waals surface area (Å²) < 4.78 is 27.2. The quantitative estimate of drug-likeness (QED) is 0.574. The van der Waals surface area contributed by atoms with Crippen LogP contribution >= 0.6 is 7.82 Å². The van der Waals surface area contributed by atoms with E-state index in [4.69, 9.17) is 19.3 Å². The molecule has 0 bridgehead atoms. The highest BCUT2D eigenvalue weighted by Gasteiger charge is 2.30. The number of hydrogen-bond acceptors (Lipinski definition) is 6. The van der Waals surface area contributed by atoms with Crippen LogP contribution in [0.1, 0.15) is 11.1 Å². The minimum absolute atomic E-state index is 0.0420. The van der Waals surface area contributed by atoms with Crippen LogP contribution in [0.5, 0.6) is 0 Å². The topological polar surface area (TPSA) is 85.2 Å². The van der Waals surface area contributed by atoms with E-state index in [1.54, 1.807) is 48.5 Å². The number of aliphatic hydroxyl groups excluding tert-OH is 1. The lowest BCUT2D eigenvalue weighted by Crippen LogP contribution is -2.11. The summed E-state index contributed by atoms with van der Waals surface area (Å²) in [4.78, 5) is 0. The number of benzene rings is 2. The minimum Gasteiger partial charge on any atom is -0.346 e. The Hall–Kier alpha value is -1.53. The number of aliphatic hydroxyl groups is 2. The minimum atomic E-state index is -4.11. The third-order valence-corrected chi connectivity index (χ3v) is 4.03. The fourth-order valence-electron chi connectivity index (χ4n) is 1.67. The van der Waals surface area contributed by atoms with Crippen molar-refractivity contribution < 1.29 is 28.3 Å². The Morgan fingerprint density at radius 3 is 1.59 bits per heavy atom. The zero-order chi connectivity index (χ0) is 15.8. The predicted molar refractivity (Wildman–Crippen MR) is 79.4 cm³/mol. The van der Waals surface area contributed by atoms with Gasteiger partial charge < -0.3 is 10.2 Å². The second-order valence-corrected chi connectivity index (χ2v) is 6.02. The maximum Gasteiger partial charge on any atom is 0.479 e.